The van der Waals surface area contributed by atoms with E-state index in [2.05, 4.69) is 10.1 Å². The lowest BCUT2D eigenvalue weighted by atomic mass is 10.2. The van der Waals surface area contributed by atoms with Crippen molar-refractivity contribution < 1.29 is 26.7 Å². The number of rotatable bonds is 5. The minimum Gasteiger partial charge on any atom is -0.435 e. The summed E-state index contributed by atoms with van der Waals surface area (Å²) in [5.74, 6) is -0.618. The van der Waals surface area contributed by atoms with Crippen molar-refractivity contribution in [2.24, 2.45) is 0 Å². The number of benzene rings is 2. The van der Waals surface area contributed by atoms with Gasteiger partial charge in [0.25, 0.3) is 5.91 Å². The zero-order valence-corrected chi connectivity index (χ0v) is 13.9. The van der Waals surface area contributed by atoms with E-state index >= 15 is 0 Å². The molecule has 0 aliphatic heterocycles. The first-order valence-corrected chi connectivity index (χ1v) is 8.79. The summed E-state index contributed by atoms with van der Waals surface area (Å²) in [5, 5.41) is 2.53. The molecule has 0 aliphatic rings. The molecule has 24 heavy (non-hydrogen) atoms. The zero-order valence-electron chi connectivity index (χ0n) is 12.3. The summed E-state index contributed by atoms with van der Waals surface area (Å²) in [6.45, 7) is -2.94. The Morgan fingerprint density at radius 2 is 1.79 bits per heavy atom. The number of carbonyl (C=O) groups is 1. The molecule has 2 aromatic rings. The van der Waals surface area contributed by atoms with E-state index < -0.39 is 22.4 Å². The van der Waals surface area contributed by atoms with Gasteiger partial charge in [-0.15, -0.1) is 0 Å². The Hall–Kier alpha value is -2.19. The molecule has 0 saturated heterocycles. The van der Waals surface area contributed by atoms with Crippen molar-refractivity contribution >= 4 is 33.0 Å². The van der Waals surface area contributed by atoms with E-state index in [4.69, 9.17) is 11.6 Å². The van der Waals surface area contributed by atoms with Crippen LogP contribution in [0, 0.1) is 0 Å². The molecular formula is C15H12ClF2NO4S. The summed E-state index contributed by atoms with van der Waals surface area (Å²) in [4.78, 5) is 12.0. The lowest BCUT2D eigenvalue weighted by Gasteiger charge is -2.09. The largest absolute Gasteiger partial charge is 0.435 e. The number of hydrogen-bond acceptors (Lipinski definition) is 4. The van der Waals surface area contributed by atoms with E-state index in [0.29, 0.717) is 5.69 Å². The highest BCUT2D eigenvalue weighted by Gasteiger charge is 2.16. The molecular weight excluding hydrogens is 364 g/mol. The summed E-state index contributed by atoms with van der Waals surface area (Å²) < 4.78 is 51.6. The third-order valence-electron chi connectivity index (χ3n) is 2.93. The van der Waals surface area contributed by atoms with Crippen LogP contribution in [0.3, 0.4) is 0 Å². The Balaban J connectivity index is 2.18. The van der Waals surface area contributed by atoms with Gasteiger partial charge in [-0.2, -0.15) is 8.78 Å². The van der Waals surface area contributed by atoms with Gasteiger partial charge in [0.15, 0.2) is 9.84 Å². The van der Waals surface area contributed by atoms with Gasteiger partial charge in [-0.1, -0.05) is 11.6 Å². The third-order valence-corrected chi connectivity index (χ3v) is 4.51. The Morgan fingerprint density at radius 3 is 2.33 bits per heavy atom. The SMILES string of the molecule is CS(=O)(=O)c1cc(C(=O)Nc2ccc(OC(F)F)cc2)ccc1Cl. The van der Waals surface area contributed by atoms with Crippen molar-refractivity contribution in [1.82, 2.24) is 0 Å². The van der Waals surface area contributed by atoms with Crippen molar-refractivity contribution in [3.63, 3.8) is 0 Å². The topological polar surface area (TPSA) is 72.5 Å². The van der Waals surface area contributed by atoms with Crippen LogP contribution in [-0.4, -0.2) is 27.2 Å². The van der Waals surface area contributed by atoms with Crippen LogP contribution in [0.4, 0.5) is 14.5 Å². The van der Waals surface area contributed by atoms with Gasteiger partial charge in [-0.25, -0.2) is 8.42 Å². The van der Waals surface area contributed by atoms with Crippen LogP contribution in [0.25, 0.3) is 0 Å². The number of carbonyl (C=O) groups excluding carboxylic acids is 1. The molecule has 128 valence electrons. The summed E-state index contributed by atoms with van der Waals surface area (Å²) in [7, 11) is -3.58. The van der Waals surface area contributed by atoms with E-state index in [1.165, 1.54) is 42.5 Å². The molecule has 0 aliphatic carbocycles. The Bertz CT molecular complexity index is 854. The predicted octanol–water partition coefficient (Wildman–Crippen LogP) is 3.60. The summed E-state index contributed by atoms with van der Waals surface area (Å²) in [5.41, 5.74) is 0.421. The average molecular weight is 376 g/mol. The summed E-state index contributed by atoms with van der Waals surface area (Å²) in [6, 6.07) is 9.15. The highest BCUT2D eigenvalue weighted by molar-refractivity contribution is 7.90. The number of ether oxygens (including phenoxy) is 1. The second kappa shape index (κ2) is 7.14. The van der Waals surface area contributed by atoms with Gasteiger partial charge < -0.3 is 10.1 Å². The minimum absolute atomic E-state index is 0.0163. The highest BCUT2D eigenvalue weighted by Crippen LogP contribution is 2.23. The van der Waals surface area contributed by atoms with Crippen LogP contribution in [0.15, 0.2) is 47.4 Å². The van der Waals surface area contributed by atoms with Crippen LogP contribution in [0.1, 0.15) is 10.4 Å². The van der Waals surface area contributed by atoms with Crippen molar-refractivity contribution in [3.05, 3.63) is 53.1 Å². The van der Waals surface area contributed by atoms with Gasteiger partial charge in [0.05, 0.1) is 9.92 Å². The fraction of sp³-hybridized carbons (Fsp3) is 0.133. The highest BCUT2D eigenvalue weighted by atomic mass is 35.5. The molecule has 0 spiro atoms. The van der Waals surface area contributed by atoms with Crippen molar-refractivity contribution in [1.29, 1.82) is 0 Å². The molecule has 0 heterocycles. The molecule has 0 atom stereocenters. The number of halogens is 3. The normalized spacial score (nSPS) is 11.4. The second-order valence-electron chi connectivity index (χ2n) is 4.77. The van der Waals surface area contributed by atoms with E-state index in [1.54, 1.807) is 0 Å². The molecule has 5 nitrogen and oxygen atoms in total. The van der Waals surface area contributed by atoms with Crippen LogP contribution in [0.5, 0.6) is 5.75 Å². The molecule has 0 fully saturated rings. The number of nitrogens with one attached hydrogen (secondary N) is 1. The van der Waals surface area contributed by atoms with Crippen molar-refractivity contribution in [3.8, 4) is 5.75 Å². The van der Waals surface area contributed by atoms with Gasteiger partial charge in [0.1, 0.15) is 5.75 Å². The van der Waals surface area contributed by atoms with E-state index in [0.717, 1.165) is 6.26 Å². The first kappa shape index (κ1) is 18.2. The maximum atomic E-state index is 12.2. The number of hydrogen-bond donors (Lipinski definition) is 1. The van der Waals surface area contributed by atoms with Crippen LogP contribution >= 0.6 is 11.6 Å². The first-order valence-electron chi connectivity index (χ1n) is 6.52. The molecule has 1 N–H and O–H groups in total. The van der Waals surface area contributed by atoms with E-state index in [1.807, 2.05) is 0 Å². The minimum atomic E-state index is -3.58. The smallest absolute Gasteiger partial charge is 0.387 e. The van der Waals surface area contributed by atoms with Gasteiger partial charge in [-0.3, -0.25) is 4.79 Å². The molecule has 2 rings (SSSR count). The van der Waals surface area contributed by atoms with Crippen molar-refractivity contribution in [2.75, 3.05) is 11.6 Å². The number of anilines is 1. The van der Waals surface area contributed by atoms with Crippen LogP contribution in [-0.2, 0) is 9.84 Å². The summed E-state index contributed by atoms with van der Waals surface area (Å²) in [6.07, 6.45) is 0.984. The quantitative estimate of drug-likeness (QED) is 0.866. The Kier molecular flexibility index (Phi) is 5.40. The monoisotopic (exact) mass is 375 g/mol. The van der Waals surface area contributed by atoms with Gasteiger partial charge in [0.2, 0.25) is 0 Å². The number of alkyl halides is 2. The second-order valence-corrected chi connectivity index (χ2v) is 7.17. The molecule has 0 radical (unpaired) electrons. The predicted molar refractivity (Wildman–Crippen MR) is 85.6 cm³/mol. The Morgan fingerprint density at radius 1 is 1.17 bits per heavy atom. The maximum Gasteiger partial charge on any atom is 0.387 e. The maximum absolute atomic E-state index is 12.2. The van der Waals surface area contributed by atoms with Crippen LogP contribution in [0.2, 0.25) is 5.02 Å². The Labute approximate surface area is 142 Å². The number of sulfone groups is 1. The lowest BCUT2D eigenvalue weighted by molar-refractivity contribution is -0.0498. The molecule has 2 aromatic carbocycles. The zero-order chi connectivity index (χ0) is 17.9. The van der Waals surface area contributed by atoms with Crippen LogP contribution < -0.4 is 10.1 Å². The fourth-order valence-electron chi connectivity index (χ4n) is 1.85. The van der Waals surface area contributed by atoms with Gasteiger partial charge in [0, 0.05) is 17.5 Å². The van der Waals surface area contributed by atoms with Crippen molar-refractivity contribution in [2.45, 2.75) is 11.5 Å². The molecule has 0 saturated carbocycles. The van der Waals surface area contributed by atoms with Gasteiger partial charge in [-0.05, 0) is 42.5 Å². The lowest BCUT2D eigenvalue weighted by Crippen LogP contribution is -2.13. The molecule has 0 aromatic heterocycles. The molecule has 0 bridgehead atoms. The fourth-order valence-corrected chi connectivity index (χ4v) is 3.15. The van der Waals surface area contributed by atoms with Gasteiger partial charge >= 0.3 is 6.61 Å². The van der Waals surface area contributed by atoms with E-state index in [9.17, 15) is 22.0 Å². The molecule has 0 unspecified atom stereocenters. The standard InChI is InChI=1S/C15H12ClF2NO4S/c1-24(21,22)13-8-9(2-7-12(13)16)14(20)19-10-3-5-11(6-4-10)23-15(17)18/h2-8,15H,1H3,(H,19,20). The number of amides is 1. The average Bonchev–Trinajstić information content (AvgIpc) is 2.48. The summed E-state index contributed by atoms with van der Waals surface area (Å²) >= 11 is 5.82. The molecule has 9 heteroatoms. The molecule has 1 amide bonds. The van der Waals surface area contributed by atoms with E-state index in [-0.39, 0.29) is 21.2 Å². The third kappa shape index (κ3) is 4.65. The first-order chi connectivity index (χ1) is 11.2.